The van der Waals surface area contributed by atoms with Crippen LogP contribution < -0.4 is 16.8 Å². The normalized spacial score (nSPS) is 10.3. The highest BCUT2D eigenvalue weighted by atomic mass is 32.1. The summed E-state index contributed by atoms with van der Waals surface area (Å²) in [5, 5.41) is 6.21. The van der Waals surface area contributed by atoms with Crippen molar-refractivity contribution in [2.75, 3.05) is 16.8 Å². The van der Waals surface area contributed by atoms with Gasteiger partial charge < -0.3 is 16.8 Å². The first-order valence-electron chi connectivity index (χ1n) is 4.82. The minimum atomic E-state index is 0.347. The molecule has 2 aromatic heterocycles. The van der Waals surface area contributed by atoms with E-state index in [1.54, 1.807) is 23.5 Å². The van der Waals surface area contributed by atoms with Crippen LogP contribution in [-0.4, -0.2) is 9.97 Å². The molecule has 0 unspecified atom stereocenters. The summed E-state index contributed by atoms with van der Waals surface area (Å²) in [5.74, 6) is 1.05. The Kier molecular flexibility index (Phi) is 2.91. The lowest BCUT2D eigenvalue weighted by Crippen LogP contribution is -2.04. The first kappa shape index (κ1) is 10.7. The van der Waals surface area contributed by atoms with E-state index in [0.717, 1.165) is 10.7 Å². The van der Waals surface area contributed by atoms with Crippen LogP contribution in [-0.2, 0) is 6.54 Å². The van der Waals surface area contributed by atoms with Crippen LogP contribution in [0, 0.1) is 6.92 Å². The lowest BCUT2D eigenvalue weighted by molar-refractivity contribution is 1.04. The number of thiazole rings is 1. The van der Waals surface area contributed by atoms with E-state index >= 15 is 0 Å². The Hall–Kier alpha value is -1.82. The Balaban J connectivity index is 2.02. The largest absolute Gasteiger partial charge is 0.396 e. The van der Waals surface area contributed by atoms with Crippen LogP contribution in [0.4, 0.5) is 17.3 Å². The number of anilines is 3. The van der Waals surface area contributed by atoms with E-state index in [4.69, 9.17) is 11.5 Å². The Morgan fingerprint density at radius 3 is 2.75 bits per heavy atom. The summed E-state index contributed by atoms with van der Waals surface area (Å²) >= 11 is 1.63. The van der Waals surface area contributed by atoms with Crippen molar-refractivity contribution in [1.29, 1.82) is 0 Å². The van der Waals surface area contributed by atoms with Crippen LogP contribution in [0.5, 0.6) is 0 Å². The maximum Gasteiger partial charge on any atom is 0.149 e. The lowest BCUT2D eigenvalue weighted by atomic mass is 10.3. The molecular weight excluding hydrogens is 222 g/mol. The Morgan fingerprint density at radius 2 is 2.12 bits per heavy atom. The number of pyridine rings is 1. The zero-order chi connectivity index (χ0) is 11.5. The molecule has 0 saturated carbocycles. The van der Waals surface area contributed by atoms with Gasteiger partial charge in [-0.25, -0.2) is 9.97 Å². The van der Waals surface area contributed by atoms with Gasteiger partial charge in [-0.3, -0.25) is 0 Å². The van der Waals surface area contributed by atoms with Gasteiger partial charge in [-0.2, -0.15) is 0 Å². The number of nitrogen functional groups attached to an aromatic ring is 2. The van der Waals surface area contributed by atoms with Gasteiger partial charge in [0.2, 0.25) is 0 Å². The second kappa shape index (κ2) is 4.36. The predicted octanol–water partition coefficient (Wildman–Crippen LogP) is 1.62. The van der Waals surface area contributed by atoms with Crippen LogP contribution in [0.1, 0.15) is 10.7 Å². The first-order chi connectivity index (χ1) is 7.65. The molecule has 0 aromatic carbocycles. The summed E-state index contributed by atoms with van der Waals surface area (Å²) in [6, 6.07) is 3.53. The monoisotopic (exact) mass is 235 g/mol. The Morgan fingerprint density at radius 1 is 1.31 bits per heavy atom. The van der Waals surface area contributed by atoms with Gasteiger partial charge in [0.25, 0.3) is 0 Å². The summed E-state index contributed by atoms with van der Waals surface area (Å²) in [6.45, 7) is 2.62. The number of aryl methyl sites for hydroxylation is 1. The number of aromatic nitrogens is 2. The first-order valence-corrected chi connectivity index (χ1v) is 5.70. The second-order valence-electron chi connectivity index (χ2n) is 3.38. The third kappa shape index (κ3) is 2.40. The van der Waals surface area contributed by atoms with Crippen molar-refractivity contribution in [3.63, 3.8) is 0 Å². The molecule has 84 valence electrons. The number of hydrogen-bond donors (Lipinski definition) is 3. The molecule has 0 radical (unpaired) electrons. The zero-order valence-corrected chi connectivity index (χ0v) is 9.71. The zero-order valence-electron chi connectivity index (χ0n) is 8.90. The van der Waals surface area contributed by atoms with Gasteiger partial charge in [0.15, 0.2) is 0 Å². The molecule has 2 rings (SSSR count). The smallest absolute Gasteiger partial charge is 0.149 e. The third-order valence-corrected chi connectivity index (χ3v) is 2.90. The van der Waals surface area contributed by atoms with Crippen LogP contribution in [0.25, 0.3) is 0 Å². The van der Waals surface area contributed by atoms with Gasteiger partial charge in [0.1, 0.15) is 11.6 Å². The molecule has 6 heteroatoms. The SMILES string of the molecule is Cc1nc(CNc2ccc(N)c(N)n2)cs1. The summed E-state index contributed by atoms with van der Waals surface area (Å²) < 4.78 is 0. The molecule has 0 aliphatic carbocycles. The second-order valence-corrected chi connectivity index (χ2v) is 4.44. The standard InChI is InChI=1S/C10H13N5S/c1-6-14-7(5-16-6)4-13-9-3-2-8(11)10(12)15-9/h2-3,5H,4,11H2,1H3,(H3,12,13,15). The Labute approximate surface area is 97.5 Å². The maximum atomic E-state index is 5.60. The molecule has 0 atom stereocenters. The van der Waals surface area contributed by atoms with Gasteiger partial charge in [-0.05, 0) is 19.1 Å². The van der Waals surface area contributed by atoms with Crippen molar-refractivity contribution in [2.24, 2.45) is 0 Å². The van der Waals surface area contributed by atoms with Gasteiger partial charge in [0, 0.05) is 5.38 Å². The van der Waals surface area contributed by atoms with Gasteiger partial charge in [-0.1, -0.05) is 0 Å². The van der Waals surface area contributed by atoms with Crippen molar-refractivity contribution in [3.8, 4) is 0 Å². The highest BCUT2D eigenvalue weighted by molar-refractivity contribution is 7.09. The number of nitrogens with one attached hydrogen (secondary N) is 1. The minimum absolute atomic E-state index is 0.347. The highest BCUT2D eigenvalue weighted by Crippen LogP contribution is 2.15. The number of hydrogen-bond acceptors (Lipinski definition) is 6. The maximum absolute atomic E-state index is 5.60. The molecule has 5 N–H and O–H groups in total. The van der Waals surface area contributed by atoms with Gasteiger partial charge in [-0.15, -0.1) is 11.3 Å². The summed E-state index contributed by atoms with van der Waals surface area (Å²) in [5.41, 5.74) is 12.7. The van der Waals surface area contributed by atoms with E-state index in [-0.39, 0.29) is 0 Å². The molecule has 0 saturated heterocycles. The average molecular weight is 235 g/mol. The predicted molar refractivity (Wildman–Crippen MR) is 67.2 cm³/mol. The van der Waals surface area contributed by atoms with Crippen LogP contribution >= 0.6 is 11.3 Å². The van der Waals surface area contributed by atoms with Crippen molar-refractivity contribution < 1.29 is 0 Å². The molecule has 0 bridgehead atoms. The Bertz CT molecular complexity index is 494. The molecule has 0 aliphatic heterocycles. The summed E-state index contributed by atoms with van der Waals surface area (Å²) in [6.07, 6.45) is 0. The molecule has 0 aliphatic rings. The third-order valence-electron chi connectivity index (χ3n) is 2.07. The van der Waals surface area contributed by atoms with Crippen molar-refractivity contribution in [2.45, 2.75) is 13.5 Å². The summed E-state index contributed by atoms with van der Waals surface area (Å²) in [4.78, 5) is 8.45. The molecule has 0 amide bonds. The fourth-order valence-electron chi connectivity index (χ4n) is 1.25. The fourth-order valence-corrected chi connectivity index (χ4v) is 1.87. The number of nitrogens with two attached hydrogens (primary N) is 2. The van der Waals surface area contributed by atoms with E-state index in [1.165, 1.54) is 0 Å². The quantitative estimate of drug-likeness (QED) is 0.752. The number of nitrogens with zero attached hydrogens (tertiary/aromatic N) is 2. The van der Waals surface area contributed by atoms with Crippen molar-refractivity contribution in [3.05, 3.63) is 28.2 Å². The molecule has 2 heterocycles. The van der Waals surface area contributed by atoms with E-state index in [9.17, 15) is 0 Å². The van der Waals surface area contributed by atoms with Crippen LogP contribution in [0.2, 0.25) is 0 Å². The highest BCUT2D eigenvalue weighted by Gasteiger charge is 2.01. The molecular formula is C10H13N5S. The molecule has 0 spiro atoms. The van der Waals surface area contributed by atoms with E-state index in [1.807, 2.05) is 12.3 Å². The van der Waals surface area contributed by atoms with Crippen molar-refractivity contribution >= 4 is 28.7 Å². The molecule has 16 heavy (non-hydrogen) atoms. The van der Waals surface area contributed by atoms with E-state index < -0.39 is 0 Å². The van der Waals surface area contributed by atoms with Gasteiger partial charge in [0.05, 0.1) is 22.9 Å². The fraction of sp³-hybridized carbons (Fsp3) is 0.200. The number of rotatable bonds is 3. The lowest BCUT2D eigenvalue weighted by Gasteiger charge is -2.05. The van der Waals surface area contributed by atoms with Crippen molar-refractivity contribution in [1.82, 2.24) is 9.97 Å². The van der Waals surface area contributed by atoms with Gasteiger partial charge >= 0.3 is 0 Å². The van der Waals surface area contributed by atoms with Crippen LogP contribution in [0.15, 0.2) is 17.5 Å². The molecule has 5 nitrogen and oxygen atoms in total. The summed E-state index contributed by atoms with van der Waals surface area (Å²) in [7, 11) is 0. The topological polar surface area (TPSA) is 89.8 Å². The molecule has 2 aromatic rings. The van der Waals surface area contributed by atoms with E-state index in [0.29, 0.717) is 23.9 Å². The van der Waals surface area contributed by atoms with Crippen LogP contribution in [0.3, 0.4) is 0 Å². The minimum Gasteiger partial charge on any atom is -0.396 e. The average Bonchev–Trinajstić information content (AvgIpc) is 2.66. The van der Waals surface area contributed by atoms with E-state index in [2.05, 4.69) is 15.3 Å². The molecule has 0 fully saturated rings.